The number of hydrogen-bond acceptors (Lipinski definition) is 3. The van der Waals surface area contributed by atoms with E-state index in [4.69, 9.17) is 9.47 Å². The summed E-state index contributed by atoms with van der Waals surface area (Å²) in [6.45, 7) is 11.0. The molecule has 0 N–H and O–H groups in total. The summed E-state index contributed by atoms with van der Waals surface area (Å²) in [6.07, 6.45) is 2.52. The van der Waals surface area contributed by atoms with E-state index in [1.807, 2.05) is 27.7 Å². The van der Waals surface area contributed by atoms with E-state index < -0.39 is 5.60 Å². The molecule has 82 valence electrons. The van der Waals surface area contributed by atoms with Crippen LogP contribution < -0.4 is 0 Å². The smallest absolute Gasteiger partial charge is 0.332 e. The largest absolute Gasteiger partial charge is 0.458 e. The van der Waals surface area contributed by atoms with Crippen LogP contribution in [0.25, 0.3) is 0 Å². The Hall–Kier alpha value is -0.830. The summed E-state index contributed by atoms with van der Waals surface area (Å²) in [6, 6.07) is 0. The Bertz CT molecular complexity index is 191. The van der Waals surface area contributed by atoms with E-state index in [9.17, 15) is 4.79 Å². The highest BCUT2D eigenvalue weighted by Crippen LogP contribution is 2.07. The van der Waals surface area contributed by atoms with Crippen molar-refractivity contribution in [3.8, 4) is 0 Å². The lowest BCUT2D eigenvalue weighted by Gasteiger charge is -2.20. The fourth-order valence-electron chi connectivity index (χ4n) is 0.884. The van der Waals surface area contributed by atoms with E-state index in [2.05, 4.69) is 6.58 Å². The van der Waals surface area contributed by atoms with Crippen LogP contribution in [0.2, 0.25) is 0 Å². The summed E-state index contributed by atoms with van der Waals surface area (Å²) in [5.41, 5.74) is -0.442. The van der Waals surface area contributed by atoms with Crippen LogP contribution in [0.15, 0.2) is 12.7 Å². The minimum atomic E-state index is -0.442. The molecule has 0 radical (unpaired) electrons. The van der Waals surface area contributed by atoms with Gasteiger partial charge in [-0.25, -0.2) is 4.79 Å². The Labute approximate surface area is 86.1 Å². The molecule has 0 fully saturated rings. The summed E-state index contributed by atoms with van der Waals surface area (Å²) in [4.78, 5) is 11.2. The average molecular weight is 200 g/mol. The zero-order chi connectivity index (χ0) is 11.2. The minimum Gasteiger partial charge on any atom is -0.458 e. The summed E-state index contributed by atoms with van der Waals surface area (Å²) >= 11 is 0. The molecule has 0 heterocycles. The third kappa shape index (κ3) is 7.80. The van der Waals surface area contributed by atoms with Crippen molar-refractivity contribution in [2.24, 2.45) is 0 Å². The highest BCUT2D eigenvalue weighted by Gasteiger charge is 2.16. The van der Waals surface area contributed by atoms with Gasteiger partial charge in [0.15, 0.2) is 0 Å². The molecular weight excluding hydrogens is 180 g/mol. The maximum atomic E-state index is 11.2. The van der Waals surface area contributed by atoms with Gasteiger partial charge in [0.2, 0.25) is 0 Å². The van der Waals surface area contributed by atoms with Gasteiger partial charge in [-0.3, -0.25) is 0 Å². The predicted octanol–water partition coefficient (Wildman–Crippen LogP) is 2.31. The van der Waals surface area contributed by atoms with E-state index in [0.717, 1.165) is 6.42 Å². The molecule has 0 aromatic heterocycles. The van der Waals surface area contributed by atoms with Crippen LogP contribution in [-0.2, 0) is 14.3 Å². The van der Waals surface area contributed by atoms with E-state index in [-0.39, 0.29) is 18.7 Å². The van der Waals surface area contributed by atoms with Gasteiger partial charge in [0, 0.05) is 0 Å². The normalized spacial score (nSPS) is 13.4. The third-order valence-electron chi connectivity index (χ3n) is 1.40. The fraction of sp³-hybridized carbons (Fsp3) is 0.727. The van der Waals surface area contributed by atoms with Crippen molar-refractivity contribution in [1.82, 2.24) is 0 Å². The topological polar surface area (TPSA) is 35.5 Å². The standard InChI is InChI=1S/C11H20O3/c1-6-7-9(2)13-8-10(12)14-11(3,4)5/h6,9H,1,7-8H2,2-5H3. The molecule has 0 amide bonds. The molecule has 0 saturated heterocycles. The Balaban J connectivity index is 3.69. The number of carbonyl (C=O) groups is 1. The molecule has 3 nitrogen and oxygen atoms in total. The second-order valence-electron chi connectivity index (χ2n) is 4.23. The molecule has 14 heavy (non-hydrogen) atoms. The first-order chi connectivity index (χ1) is 6.35. The molecule has 0 bridgehead atoms. The number of rotatable bonds is 5. The quantitative estimate of drug-likeness (QED) is 0.504. The van der Waals surface area contributed by atoms with Crippen molar-refractivity contribution in [2.75, 3.05) is 6.61 Å². The van der Waals surface area contributed by atoms with Crippen LogP contribution in [0.5, 0.6) is 0 Å². The lowest BCUT2D eigenvalue weighted by Crippen LogP contribution is -2.27. The van der Waals surface area contributed by atoms with E-state index in [1.54, 1.807) is 6.08 Å². The molecule has 0 aliphatic rings. The van der Waals surface area contributed by atoms with Gasteiger partial charge in [-0.1, -0.05) is 6.08 Å². The van der Waals surface area contributed by atoms with Crippen molar-refractivity contribution in [2.45, 2.75) is 45.8 Å². The molecule has 0 rings (SSSR count). The van der Waals surface area contributed by atoms with E-state index >= 15 is 0 Å². The van der Waals surface area contributed by atoms with Gasteiger partial charge in [-0.05, 0) is 34.1 Å². The average Bonchev–Trinajstić information content (AvgIpc) is 1.98. The van der Waals surface area contributed by atoms with Gasteiger partial charge < -0.3 is 9.47 Å². The summed E-state index contributed by atoms with van der Waals surface area (Å²) in [5, 5.41) is 0. The molecule has 0 spiro atoms. The van der Waals surface area contributed by atoms with Crippen molar-refractivity contribution >= 4 is 5.97 Å². The van der Waals surface area contributed by atoms with E-state index in [1.165, 1.54) is 0 Å². The van der Waals surface area contributed by atoms with Crippen LogP contribution in [0.1, 0.15) is 34.1 Å². The molecule has 0 aromatic rings. The van der Waals surface area contributed by atoms with Gasteiger partial charge in [-0.15, -0.1) is 6.58 Å². The Morgan fingerprint density at radius 2 is 2.07 bits per heavy atom. The molecule has 0 aromatic carbocycles. The molecule has 3 heteroatoms. The van der Waals surface area contributed by atoms with Gasteiger partial charge in [-0.2, -0.15) is 0 Å². The van der Waals surface area contributed by atoms with Gasteiger partial charge in [0.25, 0.3) is 0 Å². The number of hydrogen-bond donors (Lipinski definition) is 0. The lowest BCUT2D eigenvalue weighted by molar-refractivity contribution is -0.161. The fourth-order valence-corrected chi connectivity index (χ4v) is 0.884. The summed E-state index contributed by atoms with van der Waals surface area (Å²) in [5.74, 6) is -0.326. The lowest BCUT2D eigenvalue weighted by atomic mass is 10.2. The predicted molar refractivity (Wildman–Crippen MR) is 56.1 cm³/mol. The van der Waals surface area contributed by atoms with E-state index in [0.29, 0.717) is 0 Å². The van der Waals surface area contributed by atoms with Gasteiger partial charge >= 0.3 is 5.97 Å². The summed E-state index contributed by atoms with van der Waals surface area (Å²) in [7, 11) is 0. The monoisotopic (exact) mass is 200 g/mol. The first kappa shape index (κ1) is 13.2. The highest BCUT2D eigenvalue weighted by atomic mass is 16.6. The first-order valence-electron chi connectivity index (χ1n) is 4.79. The van der Waals surface area contributed by atoms with Crippen LogP contribution >= 0.6 is 0 Å². The Morgan fingerprint density at radius 1 is 1.50 bits per heavy atom. The highest BCUT2D eigenvalue weighted by molar-refractivity contribution is 5.71. The second kappa shape index (κ2) is 5.81. The molecule has 1 atom stereocenters. The van der Waals surface area contributed by atoms with Crippen molar-refractivity contribution in [3.05, 3.63) is 12.7 Å². The van der Waals surface area contributed by atoms with Gasteiger partial charge in [0.1, 0.15) is 12.2 Å². The first-order valence-corrected chi connectivity index (χ1v) is 4.79. The Morgan fingerprint density at radius 3 is 2.50 bits per heavy atom. The maximum Gasteiger partial charge on any atom is 0.332 e. The number of carbonyl (C=O) groups excluding carboxylic acids is 1. The molecular formula is C11H20O3. The molecule has 0 aliphatic carbocycles. The summed E-state index contributed by atoms with van der Waals surface area (Å²) < 4.78 is 10.3. The van der Waals surface area contributed by atoms with Crippen molar-refractivity contribution in [1.29, 1.82) is 0 Å². The van der Waals surface area contributed by atoms with Crippen molar-refractivity contribution in [3.63, 3.8) is 0 Å². The minimum absolute atomic E-state index is 0.00623. The SMILES string of the molecule is C=CCC(C)OCC(=O)OC(C)(C)C. The van der Waals surface area contributed by atoms with Crippen LogP contribution in [-0.4, -0.2) is 24.3 Å². The molecule has 0 saturated carbocycles. The molecule has 1 unspecified atom stereocenters. The van der Waals surface area contributed by atoms with Gasteiger partial charge in [0.05, 0.1) is 6.10 Å². The molecule has 0 aliphatic heterocycles. The van der Waals surface area contributed by atoms with Crippen LogP contribution in [0.4, 0.5) is 0 Å². The Kier molecular flexibility index (Phi) is 5.46. The number of esters is 1. The third-order valence-corrected chi connectivity index (χ3v) is 1.40. The zero-order valence-electron chi connectivity index (χ0n) is 9.50. The van der Waals surface area contributed by atoms with Crippen LogP contribution in [0.3, 0.4) is 0 Å². The van der Waals surface area contributed by atoms with Crippen molar-refractivity contribution < 1.29 is 14.3 Å². The maximum absolute atomic E-state index is 11.2. The zero-order valence-corrected chi connectivity index (χ0v) is 9.50. The van der Waals surface area contributed by atoms with Crippen LogP contribution in [0, 0.1) is 0 Å². The number of ether oxygens (including phenoxy) is 2. The second-order valence-corrected chi connectivity index (χ2v) is 4.23.